The fraction of sp³-hybridized carbons (Fsp3) is 0.467. The van der Waals surface area contributed by atoms with E-state index in [1.165, 1.54) is 0 Å². The zero-order valence-electron chi connectivity index (χ0n) is 11.9. The SMILES string of the molecule is Cn1cnnc1C(c1cccc(Br)c1)C1CC(C(F)(F)F)C1. The zero-order chi connectivity index (χ0) is 15.9. The van der Waals surface area contributed by atoms with Gasteiger partial charge in [0.25, 0.3) is 0 Å². The Labute approximate surface area is 134 Å². The first-order chi connectivity index (χ1) is 10.4. The molecule has 2 aromatic rings. The van der Waals surface area contributed by atoms with E-state index in [0.717, 1.165) is 10.0 Å². The number of alkyl halides is 3. The molecule has 0 saturated heterocycles. The van der Waals surface area contributed by atoms with Crippen LogP contribution in [0.25, 0.3) is 0 Å². The Hall–Kier alpha value is -1.37. The van der Waals surface area contributed by atoms with E-state index in [1.54, 1.807) is 10.9 Å². The molecule has 1 aliphatic rings. The van der Waals surface area contributed by atoms with Gasteiger partial charge in [-0.3, -0.25) is 0 Å². The maximum Gasteiger partial charge on any atom is 0.391 e. The third-order valence-corrected chi connectivity index (χ3v) is 4.83. The molecular weight excluding hydrogens is 359 g/mol. The Morgan fingerprint density at radius 1 is 1.32 bits per heavy atom. The van der Waals surface area contributed by atoms with Crippen LogP contribution >= 0.6 is 15.9 Å². The van der Waals surface area contributed by atoms with Gasteiger partial charge >= 0.3 is 6.18 Å². The van der Waals surface area contributed by atoms with Crippen LogP contribution in [0.3, 0.4) is 0 Å². The summed E-state index contributed by atoms with van der Waals surface area (Å²) in [6.45, 7) is 0. The van der Waals surface area contributed by atoms with Crippen LogP contribution in [0.1, 0.15) is 30.1 Å². The average Bonchev–Trinajstić information content (AvgIpc) is 2.77. The smallest absolute Gasteiger partial charge is 0.320 e. The van der Waals surface area contributed by atoms with Gasteiger partial charge in [-0.1, -0.05) is 28.1 Å². The molecule has 118 valence electrons. The van der Waals surface area contributed by atoms with Crippen LogP contribution in [0, 0.1) is 11.8 Å². The van der Waals surface area contributed by atoms with Gasteiger partial charge in [0.2, 0.25) is 0 Å². The molecule has 22 heavy (non-hydrogen) atoms. The quantitative estimate of drug-likeness (QED) is 0.802. The van der Waals surface area contributed by atoms with E-state index >= 15 is 0 Å². The summed E-state index contributed by atoms with van der Waals surface area (Å²) in [5.74, 6) is -0.712. The van der Waals surface area contributed by atoms with Crippen molar-refractivity contribution in [3.63, 3.8) is 0 Å². The first-order valence-electron chi connectivity index (χ1n) is 7.02. The summed E-state index contributed by atoms with van der Waals surface area (Å²) in [7, 11) is 1.82. The van der Waals surface area contributed by atoms with Crippen molar-refractivity contribution >= 4 is 15.9 Å². The minimum atomic E-state index is -4.10. The molecule has 7 heteroatoms. The van der Waals surface area contributed by atoms with Crippen LogP contribution in [-0.2, 0) is 7.05 Å². The van der Waals surface area contributed by atoms with Gasteiger partial charge in [0.05, 0.1) is 5.92 Å². The van der Waals surface area contributed by atoms with Crippen molar-refractivity contribution in [1.82, 2.24) is 14.8 Å². The molecule has 1 aromatic heterocycles. The van der Waals surface area contributed by atoms with Crippen LogP contribution in [0.15, 0.2) is 35.1 Å². The maximum absolute atomic E-state index is 12.8. The van der Waals surface area contributed by atoms with Crippen molar-refractivity contribution in [2.24, 2.45) is 18.9 Å². The summed E-state index contributed by atoms with van der Waals surface area (Å²) in [4.78, 5) is 0. The molecule has 0 spiro atoms. The number of aryl methyl sites for hydroxylation is 1. The molecule has 1 aromatic carbocycles. The molecular formula is C15H15BrF3N3. The van der Waals surface area contributed by atoms with Gasteiger partial charge in [-0.05, 0) is 36.5 Å². The Morgan fingerprint density at radius 2 is 2.05 bits per heavy atom. The third kappa shape index (κ3) is 2.91. The van der Waals surface area contributed by atoms with E-state index in [4.69, 9.17) is 0 Å². The summed E-state index contributed by atoms with van der Waals surface area (Å²) in [5, 5.41) is 8.01. The highest BCUT2D eigenvalue weighted by Gasteiger charge is 2.50. The lowest BCUT2D eigenvalue weighted by atomic mass is 9.66. The van der Waals surface area contributed by atoms with E-state index in [1.807, 2.05) is 31.3 Å². The lowest BCUT2D eigenvalue weighted by molar-refractivity contribution is -0.205. The van der Waals surface area contributed by atoms with Crippen molar-refractivity contribution in [1.29, 1.82) is 0 Å². The topological polar surface area (TPSA) is 30.7 Å². The monoisotopic (exact) mass is 373 g/mol. The van der Waals surface area contributed by atoms with Crippen LogP contribution in [0.2, 0.25) is 0 Å². The minimum Gasteiger partial charge on any atom is -0.320 e. The van der Waals surface area contributed by atoms with Crippen LogP contribution in [0.5, 0.6) is 0 Å². The zero-order valence-corrected chi connectivity index (χ0v) is 13.5. The molecule has 1 fully saturated rings. The molecule has 1 aliphatic carbocycles. The van der Waals surface area contributed by atoms with Crippen LogP contribution in [-0.4, -0.2) is 20.9 Å². The van der Waals surface area contributed by atoms with Crippen LogP contribution < -0.4 is 0 Å². The molecule has 0 radical (unpaired) electrons. The number of halogens is 4. The van der Waals surface area contributed by atoms with Gasteiger partial charge in [0.15, 0.2) is 0 Å². The molecule has 0 N–H and O–H groups in total. The number of aromatic nitrogens is 3. The Morgan fingerprint density at radius 3 is 2.59 bits per heavy atom. The van der Waals surface area contributed by atoms with E-state index in [2.05, 4.69) is 26.1 Å². The summed E-state index contributed by atoms with van der Waals surface area (Å²) < 4.78 is 41.0. The van der Waals surface area contributed by atoms with Gasteiger partial charge in [0, 0.05) is 17.4 Å². The summed E-state index contributed by atoms with van der Waals surface area (Å²) in [6.07, 6.45) is -2.22. The van der Waals surface area contributed by atoms with Crippen molar-refractivity contribution in [3.05, 3.63) is 46.5 Å². The van der Waals surface area contributed by atoms with Gasteiger partial charge in [-0.15, -0.1) is 10.2 Å². The average molecular weight is 374 g/mol. The molecule has 0 bridgehead atoms. The Kier molecular flexibility index (Phi) is 4.01. The van der Waals surface area contributed by atoms with Gasteiger partial charge < -0.3 is 4.57 Å². The second-order valence-corrected chi connectivity index (χ2v) is 6.72. The number of rotatable bonds is 3. The number of benzene rings is 1. The van der Waals surface area contributed by atoms with Gasteiger partial charge in [-0.2, -0.15) is 13.2 Å². The Bertz CT molecular complexity index is 662. The molecule has 1 unspecified atom stereocenters. The highest BCUT2D eigenvalue weighted by atomic mass is 79.9. The van der Waals surface area contributed by atoms with Crippen molar-refractivity contribution in [2.45, 2.75) is 24.9 Å². The predicted molar refractivity (Wildman–Crippen MR) is 79.3 cm³/mol. The van der Waals surface area contributed by atoms with E-state index in [9.17, 15) is 13.2 Å². The Balaban J connectivity index is 1.91. The summed E-state index contributed by atoms with van der Waals surface area (Å²) >= 11 is 3.42. The van der Waals surface area contributed by atoms with Crippen molar-refractivity contribution in [3.8, 4) is 0 Å². The fourth-order valence-electron chi connectivity index (χ4n) is 3.11. The molecule has 3 nitrogen and oxygen atoms in total. The predicted octanol–water partition coefficient (Wildman–Crippen LogP) is 4.30. The largest absolute Gasteiger partial charge is 0.391 e. The first kappa shape index (κ1) is 15.5. The van der Waals surface area contributed by atoms with Gasteiger partial charge in [-0.25, -0.2) is 0 Å². The second-order valence-electron chi connectivity index (χ2n) is 5.80. The standard InChI is InChI=1S/C15H15BrF3N3/c1-22-8-20-21-14(22)13(9-3-2-4-12(16)7-9)10-5-11(6-10)15(17,18)19/h2-4,7-8,10-11,13H,5-6H2,1H3. The number of nitrogens with zero attached hydrogens (tertiary/aromatic N) is 3. The second kappa shape index (κ2) is 5.68. The molecule has 1 atom stereocenters. The lowest BCUT2D eigenvalue weighted by Crippen LogP contribution is -2.39. The molecule has 0 amide bonds. The van der Waals surface area contributed by atoms with Crippen molar-refractivity contribution in [2.75, 3.05) is 0 Å². The van der Waals surface area contributed by atoms with Crippen molar-refractivity contribution < 1.29 is 13.2 Å². The fourth-order valence-corrected chi connectivity index (χ4v) is 3.52. The highest BCUT2D eigenvalue weighted by Crippen LogP contribution is 2.51. The minimum absolute atomic E-state index is 0.0659. The lowest BCUT2D eigenvalue weighted by Gasteiger charge is -2.41. The van der Waals surface area contributed by atoms with Crippen LogP contribution in [0.4, 0.5) is 13.2 Å². The molecule has 1 heterocycles. The number of hydrogen-bond acceptors (Lipinski definition) is 2. The maximum atomic E-state index is 12.8. The highest BCUT2D eigenvalue weighted by molar-refractivity contribution is 9.10. The summed E-state index contributed by atoms with van der Waals surface area (Å²) in [5.41, 5.74) is 0.969. The third-order valence-electron chi connectivity index (χ3n) is 4.34. The van der Waals surface area contributed by atoms with Gasteiger partial charge in [0.1, 0.15) is 12.2 Å². The first-order valence-corrected chi connectivity index (χ1v) is 7.81. The molecule has 3 rings (SSSR count). The number of hydrogen-bond donors (Lipinski definition) is 0. The molecule has 0 aliphatic heterocycles. The summed E-state index contributed by atoms with van der Waals surface area (Å²) in [6, 6.07) is 7.67. The van der Waals surface area contributed by atoms with E-state index in [0.29, 0.717) is 5.82 Å². The van der Waals surface area contributed by atoms with E-state index < -0.39 is 12.1 Å². The molecule has 1 saturated carbocycles. The normalized spacial score (nSPS) is 23.1. The van der Waals surface area contributed by atoms with E-state index in [-0.39, 0.29) is 24.7 Å².